The Morgan fingerprint density at radius 3 is 2.76 bits per heavy atom. The van der Waals surface area contributed by atoms with Gasteiger partial charge in [-0.15, -0.1) is 0 Å². The van der Waals surface area contributed by atoms with Crippen molar-refractivity contribution in [3.63, 3.8) is 0 Å². The van der Waals surface area contributed by atoms with Gasteiger partial charge in [0.1, 0.15) is 17.9 Å². The summed E-state index contributed by atoms with van der Waals surface area (Å²) in [6.07, 6.45) is 3.35. The highest BCUT2D eigenvalue weighted by molar-refractivity contribution is 5.93. The number of likely N-dealkylation sites (tertiary alicyclic amines) is 1. The van der Waals surface area contributed by atoms with E-state index in [9.17, 15) is 4.79 Å². The fraction of sp³-hybridized carbons (Fsp3) is 0.368. The third kappa shape index (κ3) is 3.61. The van der Waals surface area contributed by atoms with Crippen LogP contribution in [0.2, 0.25) is 0 Å². The van der Waals surface area contributed by atoms with Crippen LogP contribution in [0, 0.1) is 11.3 Å². The second-order valence-corrected chi connectivity index (χ2v) is 6.12. The van der Waals surface area contributed by atoms with Crippen LogP contribution in [0.15, 0.2) is 36.5 Å². The molecular formula is C19H21N3O3. The first-order valence-electron chi connectivity index (χ1n) is 8.27. The molecule has 0 saturated carbocycles. The Morgan fingerprint density at radius 1 is 1.32 bits per heavy atom. The quantitative estimate of drug-likeness (QED) is 0.859. The third-order valence-electron chi connectivity index (χ3n) is 4.38. The number of piperidine rings is 1. The lowest BCUT2D eigenvalue weighted by Crippen LogP contribution is -2.44. The van der Waals surface area contributed by atoms with Crippen LogP contribution in [0.3, 0.4) is 0 Å². The van der Waals surface area contributed by atoms with Crippen LogP contribution < -0.4 is 9.47 Å². The summed E-state index contributed by atoms with van der Waals surface area (Å²) < 4.78 is 13.1. The van der Waals surface area contributed by atoms with Crippen LogP contribution in [0.1, 0.15) is 28.9 Å². The first-order valence-corrected chi connectivity index (χ1v) is 8.27. The number of ether oxygens (including phenoxy) is 2. The Morgan fingerprint density at radius 2 is 2.08 bits per heavy atom. The minimum absolute atomic E-state index is 0.0719. The van der Waals surface area contributed by atoms with E-state index in [0.717, 1.165) is 12.8 Å². The zero-order valence-electron chi connectivity index (χ0n) is 14.4. The molecule has 25 heavy (non-hydrogen) atoms. The first kappa shape index (κ1) is 16.9. The molecule has 0 N–H and O–H groups in total. The van der Waals surface area contributed by atoms with Crippen molar-refractivity contribution in [1.82, 2.24) is 9.47 Å². The lowest BCUT2D eigenvalue weighted by molar-refractivity contribution is 0.0524. The van der Waals surface area contributed by atoms with E-state index in [1.54, 1.807) is 35.9 Å². The predicted molar refractivity (Wildman–Crippen MR) is 92.7 cm³/mol. The summed E-state index contributed by atoms with van der Waals surface area (Å²) in [6, 6.07) is 11.2. The van der Waals surface area contributed by atoms with Crippen molar-refractivity contribution in [2.24, 2.45) is 7.05 Å². The molecule has 3 rings (SSSR count). The van der Waals surface area contributed by atoms with Crippen molar-refractivity contribution >= 4 is 5.91 Å². The van der Waals surface area contributed by atoms with Crippen molar-refractivity contribution in [3.05, 3.63) is 47.8 Å². The standard InChI is InChI=1S/C19H21N3O3/c1-21-12-14(11-20)10-16(21)19(23)22-9-5-6-15(13-22)25-18-8-4-3-7-17(18)24-2/h3-4,7-8,10,12,15H,5-6,9,13H2,1-2H3. The first-order chi connectivity index (χ1) is 12.1. The molecule has 1 saturated heterocycles. The average Bonchev–Trinajstić information content (AvgIpc) is 3.02. The van der Waals surface area contributed by atoms with E-state index < -0.39 is 0 Å². The van der Waals surface area contributed by atoms with Crippen LogP contribution in [-0.2, 0) is 7.05 Å². The van der Waals surface area contributed by atoms with Gasteiger partial charge < -0.3 is 18.9 Å². The highest BCUT2D eigenvalue weighted by atomic mass is 16.5. The molecule has 1 fully saturated rings. The fourth-order valence-corrected chi connectivity index (χ4v) is 3.11. The van der Waals surface area contributed by atoms with Gasteiger partial charge in [0.2, 0.25) is 0 Å². The third-order valence-corrected chi connectivity index (χ3v) is 4.38. The Bertz CT molecular complexity index is 806. The van der Waals surface area contributed by atoms with Crippen molar-refractivity contribution in [1.29, 1.82) is 5.26 Å². The molecule has 1 aliphatic rings. The fourth-order valence-electron chi connectivity index (χ4n) is 3.11. The number of aromatic nitrogens is 1. The van der Waals surface area contributed by atoms with Gasteiger partial charge in [-0.3, -0.25) is 4.79 Å². The summed E-state index contributed by atoms with van der Waals surface area (Å²) in [4.78, 5) is 14.6. The Kier molecular flexibility index (Phi) is 4.94. The van der Waals surface area contributed by atoms with Crippen molar-refractivity contribution in [2.75, 3.05) is 20.2 Å². The van der Waals surface area contributed by atoms with E-state index in [0.29, 0.717) is 35.8 Å². The maximum absolute atomic E-state index is 12.8. The molecule has 1 unspecified atom stereocenters. The molecule has 1 aliphatic heterocycles. The van der Waals surface area contributed by atoms with Crippen molar-refractivity contribution in [2.45, 2.75) is 18.9 Å². The van der Waals surface area contributed by atoms with Gasteiger partial charge in [0.15, 0.2) is 11.5 Å². The maximum Gasteiger partial charge on any atom is 0.270 e. The smallest absolute Gasteiger partial charge is 0.270 e. The number of aryl methyl sites for hydroxylation is 1. The summed E-state index contributed by atoms with van der Waals surface area (Å²) in [6.45, 7) is 1.21. The van der Waals surface area contributed by atoms with Gasteiger partial charge in [0.05, 0.1) is 19.2 Å². The number of hydrogen-bond acceptors (Lipinski definition) is 4. The number of nitriles is 1. The predicted octanol–water partition coefficient (Wildman–Crippen LogP) is 2.59. The van der Waals surface area contributed by atoms with Crippen LogP contribution >= 0.6 is 0 Å². The number of carbonyl (C=O) groups is 1. The van der Waals surface area contributed by atoms with Gasteiger partial charge in [0, 0.05) is 19.8 Å². The minimum atomic E-state index is -0.0790. The lowest BCUT2D eigenvalue weighted by Gasteiger charge is -2.33. The summed E-state index contributed by atoms with van der Waals surface area (Å²) in [7, 11) is 3.39. The maximum atomic E-state index is 12.8. The zero-order valence-corrected chi connectivity index (χ0v) is 14.4. The minimum Gasteiger partial charge on any atom is -0.493 e. The SMILES string of the molecule is COc1ccccc1OC1CCCN(C(=O)c2cc(C#N)cn2C)C1. The molecule has 0 spiro atoms. The van der Waals surface area contributed by atoms with Gasteiger partial charge in [-0.1, -0.05) is 12.1 Å². The monoisotopic (exact) mass is 339 g/mol. The molecule has 0 radical (unpaired) electrons. The van der Waals surface area contributed by atoms with Crippen LogP contribution in [0.5, 0.6) is 11.5 Å². The molecular weight excluding hydrogens is 318 g/mol. The van der Waals surface area contributed by atoms with E-state index in [4.69, 9.17) is 14.7 Å². The molecule has 2 heterocycles. The van der Waals surface area contributed by atoms with Gasteiger partial charge >= 0.3 is 0 Å². The van der Waals surface area contributed by atoms with E-state index in [1.165, 1.54) is 0 Å². The number of para-hydroxylation sites is 2. The molecule has 6 heteroatoms. The van der Waals surface area contributed by atoms with Gasteiger partial charge in [-0.2, -0.15) is 5.26 Å². The molecule has 0 aliphatic carbocycles. The van der Waals surface area contributed by atoms with Gasteiger partial charge in [-0.05, 0) is 31.0 Å². The summed E-state index contributed by atoms with van der Waals surface area (Å²) in [5.41, 5.74) is 1.01. The van der Waals surface area contributed by atoms with Gasteiger partial charge in [-0.25, -0.2) is 0 Å². The molecule has 1 amide bonds. The number of benzene rings is 1. The Balaban J connectivity index is 1.71. The molecule has 2 aromatic rings. The van der Waals surface area contributed by atoms with Crippen LogP contribution in [0.4, 0.5) is 0 Å². The molecule has 1 aromatic carbocycles. The topological polar surface area (TPSA) is 67.5 Å². The number of nitrogens with zero attached hydrogens (tertiary/aromatic N) is 3. The molecule has 6 nitrogen and oxygen atoms in total. The van der Waals surface area contributed by atoms with Crippen molar-refractivity contribution in [3.8, 4) is 17.6 Å². The Labute approximate surface area is 147 Å². The van der Waals surface area contributed by atoms with Crippen molar-refractivity contribution < 1.29 is 14.3 Å². The Hall–Kier alpha value is -2.94. The zero-order chi connectivity index (χ0) is 17.8. The average molecular weight is 339 g/mol. The van der Waals surface area contributed by atoms with Crippen LogP contribution in [-0.4, -0.2) is 41.7 Å². The number of rotatable bonds is 4. The number of hydrogen-bond donors (Lipinski definition) is 0. The van der Waals surface area contributed by atoms with Gasteiger partial charge in [0.25, 0.3) is 5.91 Å². The van der Waals surface area contributed by atoms with Crippen LogP contribution in [0.25, 0.3) is 0 Å². The second-order valence-electron chi connectivity index (χ2n) is 6.12. The number of amides is 1. The van der Waals surface area contributed by atoms with E-state index in [1.807, 2.05) is 24.3 Å². The largest absolute Gasteiger partial charge is 0.493 e. The molecule has 1 atom stereocenters. The molecule has 130 valence electrons. The second kappa shape index (κ2) is 7.31. The normalized spacial score (nSPS) is 17.0. The lowest BCUT2D eigenvalue weighted by atomic mass is 10.1. The highest BCUT2D eigenvalue weighted by Gasteiger charge is 2.27. The van der Waals surface area contributed by atoms with E-state index in [-0.39, 0.29) is 12.0 Å². The summed E-state index contributed by atoms with van der Waals surface area (Å²) in [5.74, 6) is 1.30. The summed E-state index contributed by atoms with van der Waals surface area (Å²) in [5, 5.41) is 9.00. The summed E-state index contributed by atoms with van der Waals surface area (Å²) >= 11 is 0. The molecule has 0 bridgehead atoms. The number of carbonyl (C=O) groups excluding carboxylic acids is 1. The number of methoxy groups -OCH3 is 1. The van der Waals surface area contributed by atoms with E-state index >= 15 is 0 Å². The molecule has 1 aromatic heterocycles. The van der Waals surface area contributed by atoms with E-state index in [2.05, 4.69) is 6.07 Å². The highest BCUT2D eigenvalue weighted by Crippen LogP contribution is 2.29.